The minimum Gasteiger partial charge on any atom is -0.481 e. The summed E-state index contributed by atoms with van der Waals surface area (Å²) in [4.78, 5) is 11.2. The van der Waals surface area contributed by atoms with Gasteiger partial charge >= 0.3 is 5.97 Å². The van der Waals surface area contributed by atoms with Crippen LogP contribution in [0.5, 0.6) is 0 Å². The van der Waals surface area contributed by atoms with E-state index in [4.69, 9.17) is 10.4 Å². The summed E-state index contributed by atoms with van der Waals surface area (Å²) in [6.07, 6.45) is 1.36. The lowest BCUT2D eigenvalue weighted by atomic mass is 10.1. The lowest BCUT2D eigenvalue weighted by Gasteiger charge is -2.13. The molecule has 17 heavy (non-hydrogen) atoms. The van der Waals surface area contributed by atoms with Crippen molar-refractivity contribution >= 4 is 53.8 Å². The molecule has 0 spiro atoms. The van der Waals surface area contributed by atoms with Crippen LogP contribution in [0, 0.1) is 16.7 Å². The van der Waals surface area contributed by atoms with E-state index < -0.39 is 11.4 Å². The number of carbonyl (C=O) groups is 1. The summed E-state index contributed by atoms with van der Waals surface area (Å²) < 4.78 is 3.71. The minimum absolute atomic E-state index is 0.365. The number of rotatable bonds is 3. The number of carboxylic acid groups (broad SMARTS) is 1. The van der Waals surface area contributed by atoms with E-state index in [2.05, 4.69) is 53.9 Å². The molecule has 0 atom stereocenters. The quantitative estimate of drug-likeness (QED) is 0.804. The fourth-order valence-corrected chi connectivity index (χ4v) is 3.75. The number of aliphatic carboxylic acids is 1. The van der Waals surface area contributed by atoms with E-state index in [0.717, 1.165) is 0 Å². The van der Waals surface area contributed by atoms with Crippen molar-refractivity contribution in [2.24, 2.45) is 5.41 Å². The third-order valence-corrected chi connectivity index (χ3v) is 5.91. The largest absolute Gasteiger partial charge is 0.481 e. The molecule has 1 fully saturated rings. The Morgan fingerprint density at radius 2 is 2.00 bits per heavy atom. The summed E-state index contributed by atoms with van der Waals surface area (Å²) in [6, 6.07) is 2.07. The molecule has 0 aliphatic heterocycles. The molecular formula is C10H7Br3N2O2. The van der Waals surface area contributed by atoms with Crippen molar-refractivity contribution in [3.63, 3.8) is 0 Å². The van der Waals surface area contributed by atoms with Gasteiger partial charge in [-0.2, -0.15) is 5.26 Å². The van der Waals surface area contributed by atoms with E-state index in [-0.39, 0.29) is 0 Å². The summed E-state index contributed by atoms with van der Waals surface area (Å²) in [5, 5.41) is 18.2. The molecule has 0 saturated heterocycles. The van der Waals surface area contributed by atoms with Crippen LogP contribution in [0.25, 0.3) is 0 Å². The van der Waals surface area contributed by atoms with Crippen molar-refractivity contribution in [1.29, 1.82) is 5.26 Å². The van der Waals surface area contributed by atoms with Crippen molar-refractivity contribution in [1.82, 2.24) is 4.57 Å². The Morgan fingerprint density at radius 3 is 2.35 bits per heavy atom. The van der Waals surface area contributed by atoms with E-state index in [0.29, 0.717) is 38.6 Å². The van der Waals surface area contributed by atoms with Crippen LogP contribution in [0.4, 0.5) is 0 Å². The van der Waals surface area contributed by atoms with Gasteiger partial charge in [-0.3, -0.25) is 4.79 Å². The first-order valence-corrected chi connectivity index (χ1v) is 7.17. The van der Waals surface area contributed by atoms with Gasteiger partial charge < -0.3 is 9.67 Å². The molecular weight excluding hydrogens is 420 g/mol. The van der Waals surface area contributed by atoms with Crippen LogP contribution in [-0.4, -0.2) is 15.6 Å². The van der Waals surface area contributed by atoms with Gasteiger partial charge in [0.15, 0.2) is 0 Å². The standard InChI is InChI=1S/C10H7Br3N2O2/c11-6-5(3-14)7(12)15(8(6)13)4-10(1-2-10)9(16)17/h1-2,4H2,(H,16,17). The summed E-state index contributed by atoms with van der Waals surface area (Å²) in [7, 11) is 0. The third kappa shape index (κ3) is 2.07. The van der Waals surface area contributed by atoms with E-state index >= 15 is 0 Å². The Morgan fingerprint density at radius 1 is 1.41 bits per heavy atom. The predicted octanol–water partition coefficient (Wildman–Crippen LogP) is 3.51. The van der Waals surface area contributed by atoms with Gasteiger partial charge in [-0.1, -0.05) is 0 Å². The topological polar surface area (TPSA) is 66.0 Å². The zero-order valence-electron chi connectivity index (χ0n) is 8.51. The third-order valence-electron chi connectivity index (χ3n) is 2.96. The van der Waals surface area contributed by atoms with Gasteiger partial charge in [0.2, 0.25) is 0 Å². The molecule has 1 aromatic heterocycles. The van der Waals surface area contributed by atoms with Gasteiger partial charge in [0.1, 0.15) is 15.3 Å². The van der Waals surface area contributed by atoms with Crippen molar-refractivity contribution in [3.8, 4) is 6.07 Å². The fraction of sp³-hybridized carbons (Fsp3) is 0.400. The van der Waals surface area contributed by atoms with E-state index in [9.17, 15) is 4.79 Å². The van der Waals surface area contributed by atoms with Gasteiger partial charge in [-0.05, 0) is 60.6 Å². The zero-order chi connectivity index (χ0) is 12.8. The van der Waals surface area contributed by atoms with E-state index in [1.165, 1.54) is 0 Å². The second-order valence-electron chi connectivity index (χ2n) is 4.05. The minimum atomic E-state index is -0.778. The monoisotopic (exact) mass is 424 g/mol. The second kappa shape index (κ2) is 4.41. The number of nitriles is 1. The number of hydrogen-bond donors (Lipinski definition) is 1. The zero-order valence-corrected chi connectivity index (χ0v) is 13.3. The molecule has 90 valence electrons. The SMILES string of the molecule is N#Cc1c(Br)c(Br)n(CC2(C(=O)O)CC2)c1Br. The molecule has 2 rings (SSSR count). The fourth-order valence-electron chi connectivity index (χ4n) is 1.66. The van der Waals surface area contributed by atoms with Crippen LogP contribution in [0.3, 0.4) is 0 Å². The predicted molar refractivity (Wildman–Crippen MR) is 71.5 cm³/mol. The molecule has 1 aliphatic carbocycles. The number of hydrogen-bond acceptors (Lipinski definition) is 2. The Bertz CT molecular complexity index is 541. The molecule has 4 nitrogen and oxygen atoms in total. The number of aromatic nitrogens is 1. The van der Waals surface area contributed by atoms with Crippen LogP contribution < -0.4 is 0 Å². The molecule has 0 bridgehead atoms. The highest BCUT2D eigenvalue weighted by Crippen LogP contribution is 2.49. The maximum absolute atomic E-state index is 11.2. The van der Waals surface area contributed by atoms with Crippen LogP contribution in [0.15, 0.2) is 13.7 Å². The van der Waals surface area contributed by atoms with Crippen molar-refractivity contribution < 1.29 is 9.90 Å². The van der Waals surface area contributed by atoms with Crippen LogP contribution in [-0.2, 0) is 11.3 Å². The molecule has 0 unspecified atom stereocenters. The van der Waals surface area contributed by atoms with Crippen molar-refractivity contribution in [2.45, 2.75) is 19.4 Å². The maximum atomic E-state index is 11.2. The molecule has 0 amide bonds. The lowest BCUT2D eigenvalue weighted by molar-refractivity contribution is -0.143. The van der Waals surface area contributed by atoms with Gasteiger partial charge in [-0.15, -0.1) is 0 Å². The van der Waals surface area contributed by atoms with Gasteiger partial charge in [0, 0.05) is 6.54 Å². The van der Waals surface area contributed by atoms with E-state index in [1.807, 2.05) is 0 Å². The molecule has 0 aromatic carbocycles. The number of nitrogens with zero attached hydrogens (tertiary/aromatic N) is 2. The molecule has 7 heteroatoms. The molecule has 1 saturated carbocycles. The van der Waals surface area contributed by atoms with Crippen molar-refractivity contribution in [3.05, 3.63) is 19.2 Å². The first kappa shape index (κ1) is 13.1. The summed E-state index contributed by atoms with van der Waals surface area (Å²) >= 11 is 10.0. The van der Waals surface area contributed by atoms with Crippen molar-refractivity contribution in [2.75, 3.05) is 0 Å². The Kier molecular flexibility index (Phi) is 3.40. The molecule has 1 aromatic rings. The average Bonchev–Trinajstić information content (AvgIpc) is 3.02. The van der Waals surface area contributed by atoms with Gasteiger partial charge in [0.05, 0.1) is 15.5 Å². The summed E-state index contributed by atoms with van der Waals surface area (Å²) in [6.45, 7) is 0.365. The van der Waals surface area contributed by atoms with Crippen LogP contribution in [0.1, 0.15) is 18.4 Å². The maximum Gasteiger partial charge on any atom is 0.311 e. The summed E-state index contributed by atoms with van der Waals surface area (Å²) in [5.41, 5.74) is -0.200. The van der Waals surface area contributed by atoms with Gasteiger partial charge in [0.25, 0.3) is 0 Å². The van der Waals surface area contributed by atoms with Gasteiger partial charge in [-0.25, -0.2) is 0 Å². The van der Waals surface area contributed by atoms with Crippen LogP contribution >= 0.6 is 47.8 Å². The Hall–Kier alpha value is -0.320. The highest BCUT2D eigenvalue weighted by atomic mass is 79.9. The Labute approximate surface area is 123 Å². The number of halogens is 3. The molecule has 1 aliphatic rings. The molecule has 1 heterocycles. The second-order valence-corrected chi connectivity index (χ2v) is 6.35. The smallest absolute Gasteiger partial charge is 0.311 e. The first-order chi connectivity index (χ1) is 7.93. The normalized spacial score (nSPS) is 16.6. The highest BCUT2D eigenvalue weighted by molar-refractivity contribution is 9.13. The van der Waals surface area contributed by atoms with E-state index in [1.54, 1.807) is 4.57 Å². The number of carboxylic acids is 1. The molecule has 0 radical (unpaired) electrons. The highest BCUT2D eigenvalue weighted by Gasteiger charge is 2.51. The molecule has 1 N–H and O–H groups in total. The van der Waals surface area contributed by atoms with Crippen LogP contribution in [0.2, 0.25) is 0 Å². The summed E-state index contributed by atoms with van der Waals surface area (Å²) in [5.74, 6) is -0.778. The first-order valence-electron chi connectivity index (χ1n) is 4.79. The Balaban J connectivity index is 2.42. The average molecular weight is 427 g/mol. The lowest BCUT2D eigenvalue weighted by Crippen LogP contribution is -2.21.